The van der Waals surface area contributed by atoms with Gasteiger partial charge in [-0.1, -0.05) is 26.8 Å². The summed E-state index contributed by atoms with van der Waals surface area (Å²) < 4.78 is 5.72. The van der Waals surface area contributed by atoms with Crippen molar-refractivity contribution in [3.63, 3.8) is 0 Å². The van der Waals surface area contributed by atoms with E-state index in [-0.39, 0.29) is 5.92 Å². The first kappa shape index (κ1) is 18.2. The average Bonchev–Trinajstić information content (AvgIpc) is 2.55. The van der Waals surface area contributed by atoms with Crippen molar-refractivity contribution in [3.8, 4) is 5.75 Å². The maximum atomic E-state index is 10.8. The summed E-state index contributed by atoms with van der Waals surface area (Å²) in [6.07, 6.45) is -0.432. The highest BCUT2D eigenvalue weighted by Crippen LogP contribution is 2.32. The zero-order valence-electron chi connectivity index (χ0n) is 15.0. The number of benzene rings is 1. The molecule has 0 spiro atoms. The minimum atomic E-state index is -0.432. The van der Waals surface area contributed by atoms with Crippen molar-refractivity contribution in [2.75, 3.05) is 39.3 Å². The molecule has 1 fully saturated rings. The van der Waals surface area contributed by atoms with Gasteiger partial charge in [0.2, 0.25) is 0 Å². The van der Waals surface area contributed by atoms with Crippen molar-refractivity contribution in [1.29, 1.82) is 0 Å². The van der Waals surface area contributed by atoms with Crippen LogP contribution in [0, 0.1) is 5.92 Å². The highest BCUT2D eigenvalue weighted by Gasteiger charge is 2.22. The average molecular weight is 320 g/mol. The van der Waals surface area contributed by atoms with E-state index < -0.39 is 6.10 Å². The zero-order chi connectivity index (χ0) is 16.8. The summed E-state index contributed by atoms with van der Waals surface area (Å²) in [5, 5.41) is 14.1. The Balaban J connectivity index is 2.08. The van der Waals surface area contributed by atoms with E-state index in [1.54, 1.807) is 0 Å². The number of aliphatic hydroxyl groups excluding tert-OH is 1. The summed E-state index contributed by atoms with van der Waals surface area (Å²) in [5.74, 6) is 1.53. The van der Waals surface area contributed by atoms with Crippen molar-refractivity contribution < 1.29 is 9.84 Å². The number of nitrogens with one attached hydrogen (secondary N) is 1. The van der Waals surface area contributed by atoms with E-state index >= 15 is 0 Å². The first-order valence-corrected chi connectivity index (χ1v) is 8.90. The maximum absolute atomic E-state index is 10.8. The topological polar surface area (TPSA) is 44.7 Å². The van der Waals surface area contributed by atoms with E-state index in [1.165, 1.54) is 5.56 Å². The molecule has 1 aromatic carbocycles. The van der Waals surface area contributed by atoms with Crippen molar-refractivity contribution in [3.05, 3.63) is 29.3 Å². The molecule has 23 heavy (non-hydrogen) atoms. The fraction of sp³-hybridized carbons (Fsp3) is 0.684. The first-order valence-electron chi connectivity index (χ1n) is 8.90. The van der Waals surface area contributed by atoms with Crippen LogP contribution in [-0.4, -0.2) is 49.3 Å². The van der Waals surface area contributed by atoms with E-state index in [0.29, 0.717) is 12.5 Å². The highest BCUT2D eigenvalue weighted by atomic mass is 16.5. The van der Waals surface area contributed by atoms with Gasteiger partial charge in [0, 0.05) is 32.7 Å². The fourth-order valence-electron chi connectivity index (χ4n) is 3.22. The van der Waals surface area contributed by atoms with Gasteiger partial charge in [-0.3, -0.25) is 0 Å². The molecule has 0 radical (unpaired) electrons. The molecule has 1 aromatic rings. The third-order valence-corrected chi connectivity index (χ3v) is 4.59. The van der Waals surface area contributed by atoms with Crippen molar-refractivity contribution in [1.82, 2.24) is 10.2 Å². The molecule has 0 amide bonds. The third-order valence-electron chi connectivity index (χ3n) is 4.59. The predicted molar refractivity (Wildman–Crippen MR) is 95.1 cm³/mol. The van der Waals surface area contributed by atoms with E-state index in [0.717, 1.165) is 44.0 Å². The lowest BCUT2D eigenvalue weighted by atomic mass is 9.92. The molecule has 1 aliphatic heterocycles. The molecule has 2 rings (SSSR count). The monoisotopic (exact) mass is 320 g/mol. The summed E-state index contributed by atoms with van der Waals surface area (Å²) in [6.45, 7) is 14.3. The summed E-state index contributed by atoms with van der Waals surface area (Å²) in [7, 11) is 0. The number of nitrogens with zero attached hydrogens (tertiary/aromatic N) is 1. The van der Waals surface area contributed by atoms with Gasteiger partial charge in [-0.05, 0) is 42.0 Å². The molecule has 0 aromatic heterocycles. The van der Waals surface area contributed by atoms with Crippen LogP contribution in [0.5, 0.6) is 5.75 Å². The maximum Gasteiger partial charge on any atom is 0.122 e. The van der Waals surface area contributed by atoms with Crippen LogP contribution in [0.25, 0.3) is 0 Å². The van der Waals surface area contributed by atoms with Crippen LogP contribution in [0.3, 0.4) is 0 Å². The number of ether oxygens (including phenoxy) is 1. The Morgan fingerprint density at radius 3 is 2.52 bits per heavy atom. The second-order valence-electron chi connectivity index (χ2n) is 6.86. The van der Waals surface area contributed by atoms with Gasteiger partial charge in [-0.25, -0.2) is 0 Å². The molecule has 1 saturated heterocycles. The minimum absolute atomic E-state index is 0.214. The molecule has 0 saturated carbocycles. The molecule has 1 aliphatic rings. The van der Waals surface area contributed by atoms with Crippen molar-refractivity contribution in [2.24, 2.45) is 5.92 Å². The Kier molecular flexibility index (Phi) is 6.88. The molecule has 0 aliphatic carbocycles. The highest BCUT2D eigenvalue weighted by molar-refractivity contribution is 5.40. The third kappa shape index (κ3) is 4.93. The van der Waals surface area contributed by atoms with Crippen LogP contribution in [0.4, 0.5) is 0 Å². The molecule has 4 nitrogen and oxygen atoms in total. The van der Waals surface area contributed by atoms with Gasteiger partial charge in [0.05, 0.1) is 12.7 Å². The molecule has 2 unspecified atom stereocenters. The van der Waals surface area contributed by atoms with Crippen LogP contribution in [-0.2, 0) is 0 Å². The molecule has 1 heterocycles. The largest absolute Gasteiger partial charge is 0.494 e. The Hall–Kier alpha value is -1.10. The van der Waals surface area contributed by atoms with Gasteiger partial charge in [0.25, 0.3) is 0 Å². The quantitative estimate of drug-likeness (QED) is 0.811. The van der Waals surface area contributed by atoms with Crippen LogP contribution < -0.4 is 10.1 Å². The van der Waals surface area contributed by atoms with Gasteiger partial charge < -0.3 is 20.1 Å². The SMILES string of the molecule is CCOc1ccc(C(O)C(C)CN2CCNCC2)cc1C(C)C. The van der Waals surface area contributed by atoms with Gasteiger partial charge in [-0.2, -0.15) is 0 Å². The number of piperazine rings is 1. The van der Waals surface area contributed by atoms with Gasteiger partial charge >= 0.3 is 0 Å². The molecular formula is C19H32N2O2. The standard InChI is InChI=1S/C19H32N2O2/c1-5-23-18-7-6-16(12-17(18)14(2)3)19(22)15(4)13-21-10-8-20-9-11-21/h6-7,12,14-15,19-20,22H,5,8-11,13H2,1-4H3. The summed E-state index contributed by atoms with van der Waals surface area (Å²) in [5.41, 5.74) is 2.18. The molecule has 4 heteroatoms. The van der Waals surface area contributed by atoms with E-state index in [9.17, 15) is 5.11 Å². The fourth-order valence-corrected chi connectivity index (χ4v) is 3.22. The van der Waals surface area contributed by atoms with Crippen LogP contribution in [0.2, 0.25) is 0 Å². The zero-order valence-corrected chi connectivity index (χ0v) is 15.0. The Bertz CT molecular complexity index is 484. The molecule has 2 atom stereocenters. The molecular weight excluding hydrogens is 288 g/mol. The van der Waals surface area contributed by atoms with Crippen molar-refractivity contribution in [2.45, 2.75) is 39.7 Å². The van der Waals surface area contributed by atoms with E-state index in [1.807, 2.05) is 19.1 Å². The van der Waals surface area contributed by atoms with E-state index in [2.05, 4.69) is 37.1 Å². The lowest BCUT2D eigenvalue weighted by Gasteiger charge is -2.31. The molecule has 2 N–H and O–H groups in total. The van der Waals surface area contributed by atoms with E-state index in [4.69, 9.17) is 4.74 Å². The summed E-state index contributed by atoms with van der Waals surface area (Å²) >= 11 is 0. The van der Waals surface area contributed by atoms with Crippen LogP contribution >= 0.6 is 0 Å². The number of hydrogen-bond donors (Lipinski definition) is 2. The molecule has 0 bridgehead atoms. The molecule has 130 valence electrons. The Morgan fingerprint density at radius 1 is 1.22 bits per heavy atom. The Labute approximate surface area is 140 Å². The van der Waals surface area contributed by atoms with Gasteiger partial charge in [0.15, 0.2) is 0 Å². The van der Waals surface area contributed by atoms with Crippen molar-refractivity contribution >= 4 is 0 Å². The first-order chi connectivity index (χ1) is 11.0. The van der Waals surface area contributed by atoms with Gasteiger partial charge in [0.1, 0.15) is 5.75 Å². The lowest BCUT2D eigenvalue weighted by molar-refractivity contribution is 0.0841. The van der Waals surface area contributed by atoms with Crippen LogP contribution in [0.1, 0.15) is 50.8 Å². The summed E-state index contributed by atoms with van der Waals surface area (Å²) in [6, 6.07) is 6.14. The number of rotatable bonds is 7. The Morgan fingerprint density at radius 2 is 1.91 bits per heavy atom. The minimum Gasteiger partial charge on any atom is -0.494 e. The normalized spacial score (nSPS) is 18.9. The number of aliphatic hydroxyl groups is 1. The lowest BCUT2D eigenvalue weighted by Crippen LogP contribution is -2.45. The van der Waals surface area contributed by atoms with Gasteiger partial charge in [-0.15, -0.1) is 0 Å². The second kappa shape index (κ2) is 8.67. The number of hydrogen-bond acceptors (Lipinski definition) is 4. The smallest absolute Gasteiger partial charge is 0.122 e. The predicted octanol–water partition coefficient (Wildman–Crippen LogP) is 2.78. The second-order valence-corrected chi connectivity index (χ2v) is 6.86. The van der Waals surface area contributed by atoms with Crippen LogP contribution in [0.15, 0.2) is 18.2 Å². The summed E-state index contributed by atoms with van der Waals surface area (Å²) in [4.78, 5) is 2.43.